The molecule has 1 heterocycles. The highest BCUT2D eigenvalue weighted by molar-refractivity contribution is 9.10. The van der Waals surface area contributed by atoms with Crippen molar-refractivity contribution in [3.8, 4) is 0 Å². The molecule has 0 saturated carbocycles. The zero-order valence-electron chi connectivity index (χ0n) is 6.30. The SMILES string of the molecule is Cn1nc(Br)cc1P(C)C. The predicted octanol–water partition coefficient (Wildman–Crippen LogP) is 1.55. The summed E-state index contributed by atoms with van der Waals surface area (Å²) in [6.45, 7) is 4.44. The van der Waals surface area contributed by atoms with Crippen molar-refractivity contribution in [3.63, 3.8) is 0 Å². The van der Waals surface area contributed by atoms with Crippen LogP contribution < -0.4 is 5.44 Å². The lowest BCUT2D eigenvalue weighted by Crippen LogP contribution is -2.10. The number of hydrogen-bond donors (Lipinski definition) is 0. The lowest BCUT2D eigenvalue weighted by Gasteiger charge is -2.03. The number of nitrogens with zero attached hydrogens (tertiary/aromatic N) is 2. The van der Waals surface area contributed by atoms with E-state index in [1.54, 1.807) is 0 Å². The summed E-state index contributed by atoms with van der Waals surface area (Å²) in [5.41, 5.74) is 1.32. The van der Waals surface area contributed by atoms with Crippen LogP contribution in [0.5, 0.6) is 0 Å². The van der Waals surface area contributed by atoms with Gasteiger partial charge in [0, 0.05) is 7.05 Å². The van der Waals surface area contributed by atoms with Gasteiger partial charge < -0.3 is 0 Å². The number of hydrogen-bond acceptors (Lipinski definition) is 1. The van der Waals surface area contributed by atoms with Crippen LogP contribution in [0.1, 0.15) is 0 Å². The molecule has 2 nitrogen and oxygen atoms in total. The van der Waals surface area contributed by atoms with Gasteiger partial charge in [-0.25, -0.2) is 0 Å². The molecule has 0 aliphatic rings. The molecule has 0 amide bonds. The second-order valence-corrected chi connectivity index (χ2v) is 5.40. The Hall–Kier alpha value is 0.120. The molecule has 0 aliphatic heterocycles. The van der Waals surface area contributed by atoms with Crippen LogP contribution in [0.4, 0.5) is 0 Å². The third-order valence-electron chi connectivity index (χ3n) is 1.28. The number of rotatable bonds is 1. The fourth-order valence-corrected chi connectivity index (χ4v) is 2.48. The van der Waals surface area contributed by atoms with Crippen molar-refractivity contribution < 1.29 is 0 Å². The second-order valence-electron chi connectivity index (χ2n) is 2.34. The lowest BCUT2D eigenvalue weighted by molar-refractivity contribution is 0.782. The summed E-state index contributed by atoms with van der Waals surface area (Å²) in [7, 11) is 1.95. The molecule has 0 aromatic carbocycles. The second kappa shape index (κ2) is 3.02. The molecule has 0 unspecified atom stereocenters. The number of aromatic nitrogens is 2. The zero-order valence-corrected chi connectivity index (χ0v) is 8.78. The molecule has 4 heteroatoms. The highest BCUT2D eigenvalue weighted by Crippen LogP contribution is 2.24. The largest absolute Gasteiger partial charge is 0.267 e. The zero-order chi connectivity index (χ0) is 7.72. The van der Waals surface area contributed by atoms with E-state index >= 15 is 0 Å². The van der Waals surface area contributed by atoms with E-state index in [2.05, 4.69) is 40.4 Å². The molecular formula is C6H10BrN2P. The summed E-state index contributed by atoms with van der Waals surface area (Å²) >= 11 is 3.33. The standard InChI is InChI=1S/C6H10BrN2P/c1-9-6(10(2)3)4-5(7)8-9/h4H,1-3H3. The van der Waals surface area contributed by atoms with Crippen LogP contribution in [0.25, 0.3) is 0 Å². The molecule has 0 spiro atoms. The molecular weight excluding hydrogens is 211 g/mol. The van der Waals surface area contributed by atoms with Gasteiger partial charge in [0.1, 0.15) is 4.60 Å². The summed E-state index contributed by atoms with van der Waals surface area (Å²) in [6, 6.07) is 2.08. The van der Waals surface area contributed by atoms with E-state index in [1.165, 1.54) is 5.44 Å². The van der Waals surface area contributed by atoms with Gasteiger partial charge in [-0.05, 0) is 35.3 Å². The average molecular weight is 221 g/mol. The minimum absolute atomic E-state index is 0.0251. The van der Waals surface area contributed by atoms with Gasteiger partial charge in [-0.3, -0.25) is 4.68 Å². The minimum atomic E-state index is -0.0251. The lowest BCUT2D eigenvalue weighted by atomic mass is 10.7. The van der Waals surface area contributed by atoms with Crippen LogP contribution in [0.2, 0.25) is 0 Å². The molecule has 0 N–H and O–H groups in total. The Balaban J connectivity index is 3.03. The molecule has 0 saturated heterocycles. The first-order chi connectivity index (χ1) is 4.61. The highest BCUT2D eigenvalue weighted by atomic mass is 79.9. The molecule has 0 atom stereocenters. The molecule has 56 valence electrons. The monoisotopic (exact) mass is 220 g/mol. The number of aryl methyl sites for hydroxylation is 1. The smallest absolute Gasteiger partial charge is 0.128 e. The van der Waals surface area contributed by atoms with E-state index in [1.807, 2.05) is 11.7 Å². The Morgan fingerprint density at radius 1 is 1.60 bits per heavy atom. The van der Waals surface area contributed by atoms with E-state index in [0.29, 0.717) is 0 Å². The summed E-state index contributed by atoms with van der Waals surface area (Å²) < 4.78 is 2.86. The highest BCUT2D eigenvalue weighted by Gasteiger charge is 2.04. The minimum Gasteiger partial charge on any atom is -0.267 e. The Morgan fingerprint density at radius 2 is 2.20 bits per heavy atom. The fourth-order valence-electron chi connectivity index (χ4n) is 0.842. The molecule has 1 rings (SSSR count). The van der Waals surface area contributed by atoms with Gasteiger partial charge in [-0.15, -0.1) is 0 Å². The summed E-state index contributed by atoms with van der Waals surface area (Å²) in [5.74, 6) is 0. The van der Waals surface area contributed by atoms with Crippen molar-refractivity contribution >= 4 is 29.3 Å². The fraction of sp³-hybridized carbons (Fsp3) is 0.500. The van der Waals surface area contributed by atoms with Gasteiger partial charge in [0.2, 0.25) is 0 Å². The van der Waals surface area contributed by atoms with Crippen LogP contribution in [0.15, 0.2) is 10.7 Å². The van der Waals surface area contributed by atoms with Crippen LogP contribution >= 0.6 is 23.9 Å². The topological polar surface area (TPSA) is 17.8 Å². The van der Waals surface area contributed by atoms with Crippen LogP contribution in [0.3, 0.4) is 0 Å². The Bertz CT molecular complexity index is 232. The summed E-state index contributed by atoms with van der Waals surface area (Å²) in [6.07, 6.45) is 0. The molecule has 10 heavy (non-hydrogen) atoms. The van der Waals surface area contributed by atoms with E-state index in [4.69, 9.17) is 0 Å². The van der Waals surface area contributed by atoms with Crippen LogP contribution in [-0.4, -0.2) is 23.1 Å². The molecule has 0 aliphatic carbocycles. The summed E-state index contributed by atoms with van der Waals surface area (Å²) in [4.78, 5) is 0. The first-order valence-electron chi connectivity index (χ1n) is 2.98. The summed E-state index contributed by atoms with van der Waals surface area (Å²) in [5, 5.41) is 4.18. The molecule has 1 aromatic heterocycles. The first-order valence-corrected chi connectivity index (χ1v) is 6.01. The van der Waals surface area contributed by atoms with Crippen molar-refractivity contribution in [3.05, 3.63) is 10.7 Å². The molecule has 0 radical (unpaired) electrons. The Morgan fingerprint density at radius 3 is 2.40 bits per heavy atom. The maximum Gasteiger partial charge on any atom is 0.128 e. The van der Waals surface area contributed by atoms with Gasteiger partial charge in [0.15, 0.2) is 0 Å². The third kappa shape index (κ3) is 1.58. The molecule has 0 bridgehead atoms. The van der Waals surface area contributed by atoms with Gasteiger partial charge in [0.05, 0.1) is 5.44 Å². The first kappa shape index (κ1) is 8.22. The maximum absolute atomic E-state index is 4.18. The Kier molecular flexibility index (Phi) is 2.48. The van der Waals surface area contributed by atoms with Gasteiger partial charge >= 0.3 is 0 Å². The third-order valence-corrected chi connectivity index (χ3v) is 3.01. The maximum atomic E-state index is 4.18. The van der Waals surface area contributed by atoms with Crippen LogP contribution in [0, 0.1) is 0 Å². The van der Waals surface area contributed by atoms with Gasteiger partial charge in [-0.2, -0.15) is 5.10 Å². The van der Waals surface area contributed by atoms with Crippen molar-refractivity contribution in [1.29, 1.82) is 0 Å². The van der Waals surface area contributed by atoms with E-state index in [-0.39, 0.29) is 7.92 Å². The van der Waals surface area contributed by atoms with Crippen molar-refractivity contribution in [2.75, 3.05) is 13.3 Å². The molecule has 1 aromatic rings. The van der Waals surface area contributed by atoms with E-state index in [0.717, 1.165) is 4.60 Å². The normalized spacial score (nSPS) is 10.9. The Labute approximate surface area is 70.5 Å². The predicted molar refractivity (Wildman–Crippen MR) is 49.3 cm³/mol. The average Bonchev–Trinajstić information content (AvgIpc) is 2.10. The number of halogens is 1. The van der Waals surface area contributed by atoms with Gasteiger partial charge in [0.25, 0.3) is 0 Å². The van der Waals surface area contributed by atoms with E-state index < -0.39 is 0 Å². The van der Waals surface area contributed by atoms with Crippen molar-refractivity contribution in [2.45, 2.75) is 0 Å². The quantitative estimate of drug-likeness (QED) is 0.658. The van der Waals surface area contributed by atoms with Crippen molar-refractivity contribution in [1.82, 2.24) is 9.78 Å². The van der Waals surface area contributed by atoms with E-state index in [9.17, 15) is 0 Å². The molecule has 0 fully saturated rings. The van der Waals surface area contributed by atoms with Crippen molar-refractivity contribution in [2.24, 2.45) is 7.05 Å². The van der Waals surface area contributed by atoms with Gasteiger partial charge in [-0.1, -0.05) is 7.92 Å². The van der Waals surface area contributed by atoms with Crippen LogP contribution in [-0.2, 0) is 7.05 Å².